The van der Waals surface area contributed by atoms with Gasteiger partial charge in [-0.2, -0.15) is 5.10 Å². The lowest BCUT2D eigenvalue weighted by molar-refractivity contribution is -0.119. The summed E-state index contributed by atoms with van der Waals surface area (Å²) in [4.78, 5) is 24.2. The minimum atomic E-state index is -0.132. The highest BCUT2D eigenvalue weighted by Gasteiger charge is 2.11. The first-order valence-corrected chi connectivity index (χ1v) is 10.2. The third-order valence-electron chi connectivity index (χ3n) is 4.59. The van der Waals surface area contributed by atoms with Gasteiger partial charge in [0.15, 0.2) is 10.6 Å². The molecule has 0 aliphatic heterocycles. The quantitative estimate of drug-likeness (QED) is 0.487. The van der Waals surface area contributed by atoms with Crippen LogP contribution in [0.4, 0.5) is 11.4 Å². The molecule has 0 aliphatic rings. The Morgan fingerprint density at radius 2 is 1.63 bits per heavy atom. The largest absolute Gasteiger partial charge is 0.326 e. The summed E-state index contributed by atoms with van der Waals surface area (Å²) in [6, 6.07) is 15.0. The Bertz CT molecular complexity index is 1080. The number of rotatable bonds is 7. The number of nitrogens with one attached hydrogen (secondary N) is 3. The second kappa shape index (κ2) is 9.49. The number of aromatic nitrogens is 3. The van der Waals surface area contributed by atoms with Crippen LogP contribution in [0.5, 0.6) is 0 Å². The third-order valence-corrected chi connectivity index (χ3v) is 4.90. The van der Waals surface area contributed by atoms with Gasteiger partial charge in [-0.3, -0.25) is 19.3 Å². The molecule has 0 bridgehead atoms. The van der Waals surface area contributed by atoms with E-state index in [2.05, 4.69) is 20.8 Å². The number of hydrogen-bond acceptors (Lipinski definition) is 4. The van der Waals surface area contributed by atoms with Crippen molar-refractivity contribution >= 4 is 35.4 Å². The first-order chi connectivity index (χ1) is 14.3. The smallest absolute Gasteiger partial charge is 0.226 e. The van der Waals surface area contributed by atoms with Crippen molar-refractivity contribution < 1.29 is 9.59 Å². The molecule has 3 aromatic rings. The predicted octanol–water partition coefficient (Wildman–Crippen LogP) is 4.54. The fourth-order valence-corrected chi connectivity index (χ4v) is 3.03. The maximum atomic E-state index is 12.4. The third kappa shape index (κ3) is 5.42. The topological polar surface area (TPSA) is 91.8 Å². The van der Waals surface area contributed by atoms with Gasteiger partial charge in [-0.05, 0) is 43.4 Å². The molecular weight excluding hydrogens is 398 g/mol. The molecule has 2 aromatic carbocycles. The van der Waals surface area contributed by atoms with Gasteiger partial charge in [0.05, 0.1) is 0 Å². The standard InChI is InChI=1S/C22H25N5O2S/c1-14(2)21(29)24-18-10-8-17(9-11-18)23-19(28)12-13-27-20(25-26-22(27)30)16-6-4-15(3)5-7-16/h4-11,14H,12-13H2,1-3H3,(H,23,28)(H,24,29)(H,26,30). The van der Waals surface area contributed by atoms with Crippen LogP contribution in [0.1, 0.15) is 25.8 Å². The molecule has 0 spiro atoms. The normalized spacial score (nSPS) is 10.8. The van der Waals surface area contributed by atoms with E-state index in [1.54, 1.807) is 24.3 Å². The molecule has 0 radical (unpaired) electrons. The van der Waals surface area contributed by atoms with E-state index < -0.39 is 0 Å². The summed E-state index contributed by atoms with van der Waals surface area (Å²) in [6.45, 7) is 6.10. The van der Waals surface area contributed by atoms with Gasteiger partial charge >= 0.3 is 0 Å². The Hall–Kier alpha value is -3.26. The SMILES string of the molecule is Cc1ccc(-c2n[nH]c(=S)n2CCC(=O)Nc2ccc(NC(=O)C(C)C)cc2)cc1. The van der Waals surface area contributed by atoms with Crippen molar-refractivity contribution in [2.24, 2.45) is 5.92 Å². The Labute approximate surface area is 180 Å². The zero-order chi connectivity index (χ0) is 21.7. The molecule has 0 atom stereocenters. The summed E-state index contributed by atoms with van der Waals surface area (Å²) in [6.07, 6.45) is 0.249. The van der Waals surface area contributed by atoms with E-state index >= 15 is 0 Å². The van der Waals surface area contributed by atoms with Crippen molar-refractivity contribution in [1.82, 2.24) is 14.8 Å². The highest BCUT2D eigenvalue weighted by atomic mass is 32.1. The number of aromatic amines is 1. The van der Waals surface area contributed by atoms with Crippen LogP contribution >= 0.6 is 12.2 Å². The lowest BCUT2D eigenvalue weighted by Gasteiger charge is -2.10. The predicted molar refractivity (Wildman–Crippen MR) is 121 cm³/mol. The van der Waals surface area contributed by atoms with Crippen LogP contribution in [0, 0.1) is 17.6 Å². The van der Waals surface area contributed by atoms with Crippen molar-refractivity contribution in [1.29, 1.82) is 0 Å². The molecule has 0 aliphatic carbocycles. The van der Waals surface area contributed by atoms with Crippen molar-refractivity contribution in [2.75, 3.05) is 10.6 Å². The fourth-order valence-electron chi connectivity index (χ4n) is 2.81. The molecule has 156 valence electrons. The van der Waals surface area contributed by atoms with Crippen LogP contribution in [-0.4, -0.2) is 26.6 Å². The van der Waals surface area contributed by atoms with Crippen LogP contribution in [0.25, 0.3) is 11.4 Å². The summed E-state index contributed by atoms with van der Waals surface area (Å²) < 4.78 is 2.30. The Morgan fingerprint density at radius 3 is 2.23 bits per heavy atom. The summed E-state index contributed by atoms with van der Waals surface area (Å²) in [5.74, 6) is 0.432. The number of carbonyl (C=O) groups is 2. The molecule has 3 rings (SSSR count). The Kier molecular flexibility index (Phi) is 6.79. The molecule has 7 nitrogen and oxygen atoms in total. The van der Waals surface area contributed by atoms with E-state index in [9.17, 15) is 9.59 Å². The van der Waals surface area contributed by atoms with Gasteiger partial charge in [-0.1, -0.05) is 43.7 Å². The monoisotopic (exact) mass is 423 g/mol. The second-order valence-corrected chi connectivity index (χ2v) is 7.78. The number of benzene rings is 2. The lowest BCUT2D eigenvalue weighted by Crippen LogP contribution is -2.18. The summed E-state index contributed by atoms with van der Waals surface area (Å²) in [5, 5.41) is 12.8. The first kappa shape index (κ1) is 21.4. The average molecular weight is 424 g/mol. The van der Waals surface area contributed by atoms with E-state index in [1.807, 2.05) is 49.6 Å². The first-order valence-electron chi connectivity index (χ1n) is 9.76. The molecule has 8 heteroatoms. The number of aryl methyl sites for hydroxylation is 1. The lowest BCUT2D eigenvalue weighted by atomic mass is 10.1. The van der Waals surface area contributed by atoms with Crippen LogP contribution in [0.3, 0.4) is 0 Å². The van der Waals surface area contributed by atoms with E-state index in [-0.39, 0.29) is 24.2 Å². The van der Waals surface area contributed by atoms with Crippen molar-refractivity contribution in [3.63, 3.8) is 0 Å². The van der Waals surface area contributed by atoms with Gasteiger partial charge in [0.2, 0.25) is 11.8 Å². The molecule has 0 saturated heterocycles. The summed E-state index contributed by atoms with van der Waals surface area (Å²) >= 11 is 5.33. The van der Waals surface area contributed by atoms with E-state index in [1.165, 1.54) is 0 Å². The number of hydrogen-bond donors (Lipinski definition) is 3. The van der Waals surface area contributed by atoms with Gasteiger partial charge in [-0.15, -0.1) is 0 Å². The van der Waals surface area contributed by atoms with E-state index in [4.69, 9.17) is 12.2 Å². The molecule has 0 unspecified atom stereocenters. The second-order valence-electron chi connectivity index (χ2n) is 7.39. The number of amides is 2. The van der Waals surface area contributed by atoms with Gasteiger partial charge < -0.3 is 10.6 Å². The average Bonchev–Trinajstić information content (AvgIpc) is 3.08. The van der Waals surface area contributed by atoms with Crippen molar-refractivity contribution in [3.05, 3.63) is 58.9 Å². The van der Waals surface area contributed by atoms with Crippen LogP contribution < -0.4 is 10.6 Å². The highest BCUT2D eigenvalue weighted by Crippen LogP contribution is 2.19. The zero-order valence-corrected chi connectivity index (χ0v) is 18.0. The van der Waals surface area contributed by atoms with Gasteiger partial charge in [-0.25, -0.2) is 0 Å². The van der Waals surface area contributed by atoms with E-state index in [0.29, 0.717) is 28.5 Å². The molecule has 30 heavy (non-hydrogen) atoms. The van der Waals surface area contributed by atoms with Crippen LogP contribution in [-0.2, 0) is 16.1 Å². The molecule has 3 N–H and O–H groups in total. The van der Waals surface area contributed by atoms with Gasteiger partial charge in [0, 0.05) is 35.8 Å². The minimum absolute atomic E-state index is 0.0481. The van der Waals surface area contributed by atoms with Gasteiger partial charge in [0.1, 0.15) is 0 Å². The number of anilines is 2. The van der Waals surface area contributed by atoms with Crippen LogP contribution in [0.2, 0.25) is 0 Å². The van der Waals surface area contributed by atoms with Crippen molar-refractivity contribution in [2.45, 2.75) is 33.7 Å². The molecule has 1 aromatic heterocycles. The van der Waals surface area contributed by atoms with E-state index in [0.717, 1.165) is 11.1 Å². The number of carbonyl (C=O) groups excluding carboxylic acids is 2. The minimum Gasteiger partial charge on any atom is -0.326 e. The number of nitrogens with zero attached hydrogens (tertiary/aromatic N) is 2. The highest BCUT2D eigenvalue weighted by molar-refractivity contribution is 7.71. The zero-order valence-electron chi connectivity index (χ0n) is 17.2. The summed E-state index contributed by atoms with van der Waals surface area (Å²) in [7, 11) is 0. The Morgan fingerprint density at radius 1 is 1.03 bits per heavy atom. The molecular formula is C22H25N5O2S. The molecule has 2 amide bonds. The molecule has 0 fully saturated rings. The maximum Gasteiger partial charge on any atom is 0.226 e. The number of H-pyrrole nitrogens is 1. The molecule has 0 saturated carbocycles. The van der Waals surface area contributed by atoms with Gasteiger partial charge in [0.25, 0.3) is 0 Å². The fraction of sp³-hybridized carbons (Fsp3) is 0.273. The summed E-state index contributed by atoms with van der Waals surface area (Å²) in [5.41, 5.74) is 3.46. The van der Waals surface area contributed by atoms with Crippen LogP contribution in [0.15, 0.2) is 48.5 Å². The molecule has 1 heterocycles. The maximum absolute atomic E-state index is 12.4. The Balaban J connectivity index is 1.60. The van der Waals surface area contributed by atoms with Crippen molar-refractivity contribution in [3.8, 4) is 11.4 Å².